The number of fused-ring (bicyclic) bond motifs is 1. The fourth-order valence-electron chi connectivity index (χ4n) is 3.06. The summed E-state index contributed by atoms with van der Waals surface area (Å²) in [6.45, 7) is 0. The molecule has 28 heavy (non-hydrogen) atoms. The number of rotatable bonds is 4. The van der Waals surface area contributed by atoms with E-state index < -0.39 is 9.84 Å². The summed E-state index contributed by atoms with van der Waals surface area (Å²) >= 11 is 0. The van der Waals surface area contributed by atoms with Crippen LogP contribution >= 0.6 is 0 Å². The Balaban J connectivity index is 1.88. The highest BCUT2D eigenvalue weighted by molar-refractivity contribution is 7.90. The summed E-state index contributed by atoms with van der Waals surface area (Å²) in [5.74, 6) is 0.221. The number of hydrogen-bond donors (Lipinski definition) is 1. The summed E-state index contributed by atoms with van der Waals surface area (Å²) in [6.07, 6.45) is 2.81. The molecule has 0 aliphatic carbocycles. The quantitative estimate of drug-likeness (QED) is 0.570. The number of nitrogens with zero attached hydrogens (tertiary/aromatic N) is 3. The van der Waals surface area contributed by atoms with Crippen molar-refractivity contribution < 1.29 is 12.8 Å². The van der Waals surface area contributed by atoms with Gasteiger partial charge in [0, 0.05) is 18.9 Å². The predicted octanol–water partition coefficient (Wildman–Crippen LogP) is 3.67. The van der Waals surface area contributed by atoms with Crippen LogP contribution in [0.5, 0.6) is 0 Å². The maximum absolute atomic E-state index is 13.8. The van der Waals surface area contributed by atoms with Gasteiger partial charge in [-0.15, -0.1) is 0 Å². The molecule has 0 fully saturated rings. The van der Waals surface area contributed by atoms with Crippen molar-refractivity contribution in [1.82, 2.24) is 14.5 Å². The molecule has 2 aromatic carbocycles. The molecule has 6 nitrogen and oxygen atoms in total. The average molecular weight is 396 g/mol. The molecule has 0 bridgehead atoms. The van der Waals surface area contributed by atoms with E-state index in [1.165, 1.54) is 18.4 Å². The van der Waals surface area contributed by atoms with Crippen LogP contribution in [0.25, 0.3) is 28.0 Å². The van der Waals surface area contributed by atoms with Crippen molar-refractivity contribution in [2.45, 2.75) is 4.90 Å². The topological polar surface area (TPSA) is 76.9 Å². The smallest absolute Gasteiger partial charge is 0.208 e. The SMILES string of the molecule is CNc1nc2cnc(-c3ccc(S(C)(=O)=O)cc3)cc2n1-c1cccc(F)c1. The Kier molecular flexibility index (Phi) is 4.35. The normalized spacial score (nSPS) is 11.7. The number of nitrogens with one attached hydrogen (secondary N) is 1. The molecule has 0 aliphatic rings. The first kappa shape index (κ1) is 18.1. The fourth-order valence-corrected chi connectivity index (χ4v) is 3.69. The lowest BCUT2D eigenvalue weighted by molar-refractivity contribution is 0.602. The number of halogens is 1. The van der Waals surface area contributed by atoms with Crippen LogP contribution < -0.4 is 5.32 Å². The zero-order valence-electron chi connectivity index (χ0n) is 15.2. The Morgan fingerprint density at radius 1 is 1.07 bits per heavy atom. The van der Waals surface area contributed by atoms with E-state index in [1.54, 1.807) is 49.6 Å². The van der Waals surface area contributed by atoms with Crippen LogP contribution in [0.2, 0.25) is 0 Å². The number of pyridine rings is 1. The van der Waals surface area contributed by atoms with Gasteiger partial charge in [0.2, 0.25) is 5.95 Å². The molecule has 0 atom stereocenters. The molecule has 0 spiro atoms. The summed E-state index contributed by atoms with van der Waals surface area (Å²) in [5.41, 5.74) is 3.48. The minimum Gasteiger partial charge on any atom is -0.358 e. The van der Waals surface area contributed by atoms with Crippen LogP contribution in [0.1, 0.15) is 0 Å². The van der Waals surface area contributed by atoms with E-state index in [0.717, 1.165) is 11.1 Å². The van der Waals surface area contributed by atoms with Gasteiger partial charge < -0.3 is 5.32 Å². The van der Waals surface area contributed by atoms with Crippen LogP contribution in [0.15, 0.2) is 65.7 Å². The van der Waals surface area contributed by atoms with E-state index in [4.69, 9.17) is 0 Å². The second kappa shape index (κ2) is 6.72. The van der Waals surface area contributed by atoms with Gasteiger partial charge >= 0.3 is 0 Å². The molecule has 4 rings (SSSR count). The molecule has 2 heterocycles. The molecular weight excluding hydrogens is 379 g/mol. The highest BCUT2D eigenvalue weighted by Crippen LogP contribution is 2.28. The van der Waals surface area contributed by atoms with Crippen LogP contribution in [0, 0.1) is 5.82 Å². The van der Waals surface area contributed by atoms with Crippen molar-refractivity contribution in [3.05, 3.63) is 66.6 Å². The van der Waals surface area contributed by atoms with Gasteiger partial charge in [0.1, 0.15) is 11.3 Å². The van der Waals surface area contributed by atoms with Gasteiger partial charge in [-0.2, -0.15) is 0 Å². The zero-order valence-corrected chi connectivity index (χ0v) is 16.0. The van der Waals surface area contributed by atoms with Gasteiger partial charge in [0.25, 0.3) is 0 Å². The van der Waals surface area contributed by atoms with Crippen molar-refractivity contribution >= 4 is 26.8 Å². The number of imidazole rings is 1. The lowest BCUT2D eigenvalue weighted by atomic mass is 10.1. The fraction of sp³-hybridized carbons (Fsp3) is 0.100. The van der Waals surface area contributed by atoms with Gasteiger partial charge in [-0.05, 0) is 36.4 Å². The molecule has 0 saturated heterocycles. The van der Waals surface area contributed by atoms with Gasteiger partial charge in [0.15, 0.2) is 9.84 Å². The lowest BCUT2D eigenvalue weighted by Gasteiger charge is -2.09. The summed E-state index contributed by atoms with van der Waals surface area (Å²) < 4.78 is 38.9. The van der Waals surface area contributed by atoms with Crippen LogP contribution in [-0.2, 0) is 9.84 Å². The first-order valence-electron chi connectivity index (χ1n) is 8.49. The Labute approximate surface area is 161 Å². The van der Waals surface area contributed by atoms with Gasteiger partial charge in [-0.25, -0.2) is 17.8 Å². The molecule has 0 saturated carbocycles. The number of aromatic nitrogens is 3. The molecule has 0 amide bonds. The molecule has 8 heteroatoms. The molecule has 1 N–H and O–H groups in total. The average Bonchev–Trinajstić information content (AvgIpc) is 3.05. The van der Waals surface area contributed by atoms with E-state index in [0.29, 0.717) is 22.8 Å². The molecule has 0 radical (unpaired) electrons. The number of hydrogen-bond acceptors (Lipinski definition) is 5. The molecule has 4 aromatic rings. The summed E-state index contributed by atoms with van der Waals surface area (Å²) in [6, 6.07) is 14.6. The van der Waals surface area contributed by atoms with Crippen molar-refractivity contribution in [3.8, 4) is 16.9 Å². The van der Waals surface area contributed by atoms with Crippen molar-refractivity contribution in [2.24, 2.45) is 0 Å². The Hall–Kier alpha value is -3.26. The van der Waals surface area contributed by atoms with Gasteiger partial charge in [0.05, 0.1) is 28.0 Å². The monoisotopic (exact) mass is 396 g/mol. The van der Waals surface area contributed by atoms with E-state index in [9.17, 15) is 12.8 Å². The zero-order chi connectivity index (χ0) is 19.9. The summed E-state index contributed by atoms with van der Waals surface area (Å²) in [7, 11) is -1.52. The van der Waals surface area contributed by atoms with Gasteiger partial charge in [-0.1, -0.05) is 18.2 Å². The molecule has 0 aliphatic heterocycles. The largest absolute Gasteiger partial charge is 0.358 e. The lowest BCUT2D eigenvalue weighted by Crippen LogP contribution is -2.01. The highest BCUT2D eigenvalue weighted by atomic mass is 32.2. The standard InChI is InChI=1S/C20H17FN4O2S/c1-22-20-24-18-12-23-17(13-6-8-16(9-7-13)28(2,26)27)11-19(18)25(20)15-5-3-4-14(21)10-15/h3-12H,1-2H3,(H,22,24). The van der Waals surface area contributed by atoms with Crippen molar-refractivity contribution in [2.75, 3.05) is 18.6 Å². The third kappa shape index (κ3) is 3.22. The van der Waals surface area contributed by atoms with Crippen LogP contribution in [-0.4, -0.2) is 36.3 Å². The maximum atomic E-state index is 13.8. The number of benzene rings is 2. The summed E-state index contributed by atoms with van der Waals surface area (Å²) in [4.78, 5) is 9.20. The second-order valence-corrected chi connectivity index (χ2v) is 8.37. The summed E-state index contributed by atoms with van der Waals surface area (Å²) in [5, 5.41) is 3.02. The predicted molar refractivity (Wildman–Crippen MR) is 107 cm³/mol. The minimum absolute atomic E-state index is 0.250. The third-order valence-electron chi connectivity index (χ3n) is 4.41. The number of sulfone groups is 1. The molecular formula is C20H17FN4O2S. The van der Waals surface area contributed by atoms with E-state index in [1.807, 2.05) is 10.6 Å². The van der Waals surface area contributed by atoms with E-state index in [2.05, 4.69) is 15.3 Å². The van der Waals surface area contributed by atoms with Crippen molar-refractivity contribution in [1.29, 1.82) is 0 Å². The molecule has 2 aromatic heterocycles. The Morgan fingerprint density at radius 3 is 2.46 bits per heavy atom. The van der Waals surface area contributed by atoms with E-state index >= 15 is 0 Å². The maximum Gasteiger partial charge on any atom is 0.208 e. The molecule has 0 unspecified atom stereocenters. The van der Waals surface area contributed by atoms with Crippen molar-refractivity contribution in [3.63, 3.8) is 0 Å². The third-order valence-corrected chi connectivity index (χ3v) is 5.54. The second-order valence-electron chi connectivity index (χ2n) is 6.36. The van der Waals surface area contributed by atoms with Crippen LogP contribution in [0.3, 0.4) is 0 Å². The minimum atomic E-state index is -3.26. The highest BCUT2D eigenvalue weighted by Gasteiger charge is 2.14. The van der Waals surface area contributed by atoms with Crippen LogP contribution in [0.4, 0.5) is 10.3 Å². The Morgan fingerprint density at radius 2 is 1.82 bits per heavy atom. The number of anilines is 1. The van der Waals surface area contributed by atoms with E-state index in [-0.39, 0.29) is 10.7 Å². The van der Waals surface area contributed by atoms with Gasteiger partial charge in [-0.3, -0.25) is 9.55 Å². The first-order valence-corrected chi connectivity index (χ1v) is 10.4. The molecule has 142 valence electrons. The Bertz CT molecular complexity index is 1280. The first-order chi connectivity index (χ1) is 13.4.